The Hall–Kier alpha value is -2.78. The number of nitriles is 1. The van der Waals surface area contributed by atoms with Crippen LogP contribution in [0.5, 0.6) is 11.5 Å². The average Bonchev–Trinajstić information content (AvgIpc) is 2.64. The lowest BCUT2D eigenvalue weighted by Gasteiger charge is -2.17. The van der Waals surface area contributed by atoms with Crippen LogP contribution in [0.4, 0.5) is 5.69 Å². The zero-order valence-electron chi connectivity index (χ0n) is 16.4. The molecular formula is C22H23BrN2O3. The van der Waals surface area contributed by atoms with Crippen molar-refractivity contribution in [2.75, 3.05) is 11.9 Å². The second-order valence-electron chi connectivity index (χ2n) is 6.42. The Morgan fingerprint density at radius 1 is 1.29 bits per heavy atom. The van der Waals surface area contributed by atoms with E-state index in [-0.39, 0.29) is 11.7 Å². The molecular weight excluding hydrogens is 420 g/mol. The molecule has 0 saturated carbocycles. The second kappa shape index (κ2) is 9.95. The van der Waals surface area contributed by atoms with Crippen molar-refractivity contribution in [1.29, 1.82) is 5.26 Å². The van der Waals surface area contributed by atoms with Crippen LogP contribution >= 0.6 is 15.9 Å². The zero-order valence-corrected chi connectivity index (χ0v) is 18.0. The molecule has 0 aromatic heterocycles. The van der Waals surface area contributed by atoms with Gasteiger partial charge in [-0.3, -0.25) is 4.79 Å². The first kappa shape index (κ1) is 21.5. The van der Waals surface area contributed by atoms with Crippen LogP contribution in [0.3, 0.4) is 0 Å². The minimum absolute atomic E-state index is 0.00699. The van der Waals surface area contributed by atoms with E-state index in [9.17, 15) is 10.1 Å². The van der Waals surface area contributed by atoms with Gasteiger partial charge in [-0.2, -0.15) is 5.26 Å². The van der Waals surface area contributed by atoms with Gasteiger partial charge in [0.15, 0.2) is 11.5 Å². The number of nitrogens with one attached hydrogen (secondary N) is 1. The van der Waals surface area contributed by atoms with Crippen LogP contribution < -0.4 is 14.8 Å². The molecule has 2 rings (SSSR count). The summed E-state index contributed by atoms with van der Waals surface area (Å²) in [5, 5.41) is 12.2. The summed E-state index contributed by atoms with van der Waals surface area (Å²) < 4.78 is 12.2. The summed E-state index contributed by atoms with van der Waals surface area (Å²) in [7, 11) is 0. The highest BCUT2D eigenvalue weighted by molar-refractivity contribution is 9.10. The molecule has 0 atom stereocenters. The van der Waals surface area contributed by atoms with E-state index in [4.69, 9.17) is 9.47 Å². The molecule has 2 aromatic rings. The van der Waals surface area contributed by atoms with Crippen molar-refractivity contribution in [3.8, 4) is 17.6 Å². The summed E-state index contributed by atoms with van der Waals surface area (Å²) in [4.78, 5) is 12.5. The van der Waals surface area contributed by atoms with Crippen LogP contribution in [0, 0.1) is 18.3 Å². The number of nitrogens with zero attached hydrogens (tertiary/aromatic N) is 1. The summed E-state index contributed by atoms with van der Waals surface area (Å²) in [6.45, 7) is 8.17. The fraction of sp³-hybridized carbons (Fsp3) is 0.273. The Morgan fingerprint density at radius 2 is 1.96 bits per heavy atom. The average molecular weight is 443 g/mol. The molecule has 0 heterocycles. The standard InChI is InChI=1S/C22H23BrN2O3/c1-5-27-20-12-16(11-19(23)21(20)28-14(2)3)10-17(13-24)22(26)25-18-8-6-15(4)7-9-18/h6-12,14H,5H2,1-4H3,(H,25,26)/b17-10+. The number of carbonyl (C=O) groups is 1. The van der Waals surface area contributed by atoms with E-state index < -0.39 is 5.91 Å². The Bertz CT molecular complexity index is 913. The van der Waals surface area contributed by atoms with E-state index in [2.05, 4.69) is 21.2 Å². The molecule has 146 valence electrons. The quantitative estimate of drug-likeness (QED) is 0.454. The SMILES string of the molecule is CCOc1cc(/C=C(\C#N)C(=O)Nc2ccc(C)cc2)cc(Br)c1OC(C)C. The number of carbonyl (C=O) groups excluding carboxylic acids is 1. The number of ether oxygens (including phenoxy) is 2. The van der Waals surface area contributed by atoms with Crippen molar-refractivity contribution in [2.24, 2.45) is 0 Å². The van der Waals surface area contributed by atoms with Crippen LogP contribution in [0.2, 0.25) is 0 Å². The molecule has 1 amide bonds. The van der Waals surface area contributed by atoms with E-state index in [1.165, 1.54) is 6.08 Å². The van der Waals surface area contributed by atoms with E-state index >= 15 is 0 Å². The number of benzene rings is 2. The number of hydrogen-bond donors (Lipinski definition) is 1. The predicted octanol–water partition coefficient (Wildman–Crippen LogP) is 5.49. The fourth-order valence-corrected chi connectivity index (χ4v) is 2.99. The number of halogens is 1. The first-order valence-corrected chi connectivity index (χ1v) is 9.76. The van der Waals surface area contributed by atoms with Crippen molar-refractivity contribution in [3.63, 3.8) is 0 Å². The Kier molecular flexibility index (Phi) is 7.65. The molecule has 5 nitrogen and oxygen atoms in total. The Labute approximate surface area is 174 Å². The number of rotatable bonds is 7. The third-order valence-corrected chi connectivity index (χ3v) is 4.26. The number of aryl methyl sites for hydroxylation is 1. The molecule has 0 fully saturated rings. The summed E-state index contributed by atoms with van der Waals surface area (Å²) in [6, 6.07) is 12.9. The lowest BCUT2D eigenvalue weighted by Crippen LogP contribution is -2.13. The summed E-state index contributed by atoms with van der Waals surface area (Å²) >= 11 is 3.49. The predicted molar refractivity (Wildman–Crippen MR) is 114 cm³/mol. The molecule has 0 bridgehead atoms. The van der Waals surface area contributed by atoms with Gasteiger partial charge in [0.25, 0.3) is 5.91 Å². The largest absolute Gasteiger partial charge is 0.490 e. The zero-order chi connectivity index (χ0) is 20.7. The monoisotopic (exact) mass is 442 g/mol. The summed E-state index contributed by atoms with van der Waals surface area (Å²) in [5.41, 5.74) is 2.37. The second-order valence-corrected chi connectivity index (χ2v) is 7.27. The van der Waals surface area contributed by atoms with Gasteiger partial charge in [0.1, 0.15) is 11.6 Å². The molecule has 6 heteroatoms. The lowest BCUT2D eigenvalue weighted by molar-refractivity contribution is -0.112. The van der Waals surface area contributed by atoms with Gasteiger partial charge in [-0.05, 0) is 79.5 Å². The van der Waals surface area contributed by atoms with Crippen LogP contribution in [0.15, 0.2) is 46.4 Å². The van der Waals surface area contributed by atoms with Gasteiger partial charge in [-0.15, -0.1) is 0 Å². The first-order chi connectivity index (χ1) is 13.3. The minimum atomic E-state index is -0.469. The van der Waals surface area contributed by atoms with Crippen LogP contribution in [0.25, 0.3) is 6.08 Å². The summed E-state index contributed by atoms with van der Waals surface area (Å²) in [5.74, 6) is 0.674. The molecule has 0 aliphatic heterocycles. The number of hydrogen-bond acceptors (Lipinski definition) is 4. The number of amides is 1. The van der Waals surface area contributed by atoms with Crippen LogP contribution in [-0.4, -0.2) is 18.6 Å². The maximum Gasteiger partial charge on any atom is 0.266 e. The van der Waals surface area contributed by atoms with Gasteiger partial charge >= 0.3 is 0 Å². The van der Waals surface area contributed by atoms with Gasteiger partial charge in [-0.25, -0.2) is 0 Å². The van der Waals surface area contributed by atoms with Crippen molar-refractivity contribution in [2.45, 2.75) is 33.8 Å². The molecule has 2 aromatic carbocycles. The van der Waals surface area contributed by atoms with Gasteiger partial charge in [0.05, 0.1) is 17.2 Å². The van der Waals surface area contributed by atoms with E-state index in [1.807, 2.05) is 45.9 Å². The van der Waals surface area contributed by atoms with Crippen molar-refractivity contribution >= 4 is 33.6 Å². The van der Waals surface area contributed by atoms with Gasteiger partial charge in [0, 0.05) is 5.69 Å². The first-order valence-electron chi connectivity index (χ1n) is 8.96. The molecule has 0 aliphatic rings. The van der Waals surface area contributed by atoms with Crippen molar-refractivity contribution in [3.05, 3.63) is 57.6 Å². The molecule has 1 N–H and O–H groups in total. The maximum absolute atomic E-state index is 12.5. The normalized spacial score (nSPS) is 11.1. The highest BCUT2D eigenvalue weighted by atomic mass is 79.9. The van der Waals surface area contributed by atoms with Gasteiger partial charge < -0.3 is 14.8 Å². The van der Waals surface area contributed by atoms with Crippen molar-refractivity contribution < 1.29 is 14.3 Å². The number of anilines is 1. The fourth-order valence-electron chi connectivity index (χ4n) is 2.43. The summed E-state index contributed by atoms with van der Waals surface area (Å²) in [6.07, 6.45) is 1.50. The minimum Gasteiger partial charge on any atom is -0.490 e. The molecule has 28 heavy (non-hydrogen) atoms. The van der Waals surface area contributed by atoms with Crippen molar-refractivity contribution in [1.82, 2.24) is 0 Å². The third kappa shape index (κ3) is 5.86. The maximum atomic E-state index is 12.5. The molecule has 0 unspecified atom stereocenters. The van der Waals surface area contributed by atoms with E-state index in [1.54, 1.807) is 24.3 Å². The van der Waals surface area contributed by atoms with Crippen LogP contribution in [0.1, 0.15) is 31.9 Å². The molecule has 0 radical (unpaired) electrons. The Balaban J connectivity index is 2.33. The van der Waals surface area contributed by atoms with Crippen LogP contribution in [-0.2, 0) is 4.79 Å². The smallest absolute Gasteiger partial charge is 0.266 e. The van der Waals surface area contributed by atoms with Gasteiger partial charge in [0.2, 0.25) is 0 Å². The molecule has 0 saturated heterocycles. The molecule has 0 spiro atoms. The van der Waals surface area contributed by atoms with E-state index in [0.717, 1.165) is 5.56 Å². The third-order valence-electron chi connectivity index (χ3n) is 3.67. The molecule has 0 aliphatic carbocycles. The topological polar surface area (TPSA) is 71.3 Å². The van der Waals surface area contributed by atoms with Gasteiger partial charge in [-0.1, -0.05) is 17.7 Å². The van der Waals surface area contributed by atoms with E-state index in [0.29, 0.717) is 33.8 Å². The Morgan fingerprint density at radius 3 is 2.54 bits per heavy atom. The highest BCUT2D eigenvalue weighted by Gasteiger charge is 2.15. The highest BCUT2D eigenvalue weighted by Crippen LogP contribution is 2.38. The lowest BCUT2D eigenvalue weighted by atomic mass is 10.1.